The third-order valence-electron chi connectivity index (χ3n) is 13.4. The van der Waals surface area contributed by atoms with E-state index in [1.807, 2.05) is 13.8 Å². The van der Waals surface area contributed by atoms with Gasteiger partial charge >= 0.3 is 5.97 Å². The number of rotatable bonds is 16. The molecule has 8 unspecified atom stereocenters. The molecule has 0 aromatic heterocycles. The molecule has 1 aliphatic heterocycles. The second-order valence-electron chi connectivity index (χ2n) is 18.5. The number of carbonyl (C=O) groups is 5. The van der Waals surface area contributed by atoms with Gasteiger partial charge in [0.2, 0.25) is 0 Å². The monoisotopic (exact) mass is 1200 g/mol. The van der Waals surface area contributed by atoms with Crippen LogP contribution in [0.4, 0.5) is 22.7 Å². The summed E-state index contributed by atoms with van der Waals surface area (Å²) in [5.74, 6) is -3.28. The number of hydrogen-bond donors (Lipinski definition) is 14. The third-order valence-corrected chi connectivity index (χ3v) is 13.7. The number of imide groups is 1. The second kappa shape index (κ2) is 33.5. The first-order chi connectivity index (χ1) is 40.6. The summed E-state index contributed by atoms with van der Waals surface area (Å²) in [6.45, 7) is 3.92. The predicted octanol–water partition coefficient (Wildman–Crippen LogP) is 0.667. The van der Waals surface area contributed by atoms with Crippen LogP contribution in [0.3, 0.4) is 0 Å². The van der Waals surface area contributed by atoms with Gasteiger partial charge in [0.1, 0.15) is 12.5 Å². The maximum absolute atomic E-state index is 13.4. The molecule has 3 fully saturated rings. The van der Waals surface area contributed by atoms with Crippen molar-refractivity contribution in [2.24, 2.45) is 83.5 Å². The average Bonchev–Trinajstić information content (AvgIpc) is 3.84. The van der Waals surface area contributed by atoms with E-state index in [2.05, 4.69) is 60.2 Å². The lowest BCUT2D eigenvalue weighted by Gasteiger charge is -2.35. The van der Waals surface area contributed by atoms with Crippen molar-refractivity contribution in [1.82, 2.24) is 21.0 Å². The van der Waals surface area contributed by atoms with Gasteiger partial charge in [-0.25, -0.2) is 4.79 Å². The van der Waals surface area contributed by atoms with Crippen LogP contribution in [-0.4, -0.2) is 137 Å². The van der Waals surface area contributed by atoms with Crippen LogP contribution in [0, 0.1) is 0 Å². The highest BCUT2D eigenvalue weighted by atomic mass is 32.2. The minimum Gasteiger partial charge on any atom is -0.776 e. The van der Waals surface area contributed by atoms with Gasteiger partial charge in [0.15, 0.2) is 6.10 Å². The van der Waals surface area contributed by atoms with Crippen molar-refractivity contribution in [3.63, 3.8) is 0 Å². The molecule has 0 bridgehead atoms. The van der Waals surface area contributed by atoms with Crippen molar-refractivity contribution in [2.45, 2.75) is 111 Å². The maximum atomic E-state index is 13.4. The van der Waals surface area contributed by atoms with E-state index in [0.717, 1.165) is 0 Å². The average molecular weight is 1200 g/mol. The largest absolute Gasteiger partial charge is 0.776 e. The van der Waals surface area contributed by atoms with Crippen LogP contribution in [0.5, 0.6) is 5.75 Å². The van der Waals surface area contributed by atoms with Gasteiger partial charge in [-0.05, 0) is 82.8 Å². The summed E-state index contributed by atoms with van der Waals surface area (Å²) in [5.41, 5.74) is 103. The van der Waals surface area contributed by atoms with Crippen LogP contribution in [-0.2, 0) is 18.6 Å². The molecule has 0 spiro atoms. The molecule has 454 valence electrons. The van der Waals surface area contributed by atoms with Crippen LogP contribution in [0.25, 0.3) is 41.8 Å². The van der Waals surface area contributed by atoms with Gasteiger partial charge in [-0.2, -0.15) is 0 Å². The van der Waals surface area contributed by atoms with Gasteiger partial charge < -0.3 is 92.0 Å². The molecule has 3 aliphatic rings. The molecule has 1 heterocycles. The number of benzene rings is 4. The number of carbonyl (C=O) groups excluding carboxylic acids is 5. The summed E-state index contributed by atoms with van der Waals surface area (Å²) in [4.78, 5) is 77.3. The molecule has 7 rings (SSSR count). The first-order valence-electron chi connectivity index (χ1n) is 25.5. The summed E-state index contributed by atoms with van der Waals surface area (Å²) < 4.78 is 20.5. The number of hydrogen-bond acceptors (Lipinski definition) is 26. The number of azide groups is 4. The molecule has 8 atom stereocenters. The molecule has 0 radical (unpaired) electrons. The Kier molecular flexibility index (Phi) is 27.1. The second-order valence-corrected chi connectivity index (χ2v) is 18.9. The van der Waals surface area contributed by atoms with E-state index in [-0.39, 0.29) is 52.9 Å². The van der Waals surface area contributed by atoms with Gasteiger partial charge in [-0.1, -0.05) is 75.8 Å². The number of amides is 4. The van der Waals surface area contributed by atoms with Gasteiger partial charge in [-0.15, -0.1) is 12.3 Å². The van der Waals surface area contributed by atoms with Gasteiger partial charge in [-0.3, -0.25) is 24.5 Å². The van der Waals surface area contributed by atoms with Gasteiger partial charge in [0.25, 0.3) is 23.6 Å². The molecule has 36 nitrogen and oxygen atoms in total. The first-order valence-corrected chi connectivity index (χ1v) is 26.2. The summed E-state index contributed by atoms with van der Waals surface area (Å²) >= 11 is -0.302. The standard InChI is InChI=1S/C28H32N16O3.C11H8N4O6S.C7H21N7.C2H6/c29-20-21(30)25(37-27(45)14-1-5-16(6-2-14)39-42-33)23(32)26(38-28(46)15-3-7-17(8-4-15)40-43-34)22(31)24(20)36-13-47-19-11-9-18(10-12-19)41-44-35;12-14-13-7-3-1-6(2-4-7)11(18)20-15-9(16)5-8(10(15)17)21-22-19;8-1-2(9)4(11)6(13)7(14)5(12)3(1)10;1-2/h1-12,20-26,36H,13,29-32H2,(H,37,45)(H,38,46);1-4,8,19H,5H2;1-7H,8-14H2;1-2H3/p-1. The third kappa shape index (κ3) is 18.4. The maximum Gasteiger partial charge on any atom is 0.363 e. The molecular formula is C48H66N27O9S-. The Hall–Kier alpha value is -8.74. The Morgan fingerprint density at radius 3 is 1.22 bits per heavy atom. The zero-order valence-electron chi connectivity index (χ0n) is 45.6. The molecule has 2 saturated carbocycles. The molecule has 2 aliphatic carbocycles. The molecule has 1 saturated heterocycles. The zero-order chi connectivity index (χ0) is 63.1. The van der Waals surface area contributed by atoms with Crippen molar-refractivity contribution in [1.29, 1.82) is 0 Å². The lowest BCUT2D eigenvalue weighted by molar-refractivity contribution is -0.174. The van der Waals surface area contributed by atoms with Crippen LogP contribution in [0.1, 0.15) is 51.3 Å². The highest BCUT2D eigenvalue weighted by molar-refractivity contribution is 7.88. The van der Waals surface area contributed by atoms with Gasteiger partial charge in [0, 0.05) is 126 Å². The van der Waals surface area contributed by atoms with E-state index < -0.39 is 120 Å². The normalized spacial score (nSPS) is 26.7. The van der Waals surface area contributed by atoms with E-state index in [1.54, 1.807) is 24.3 Å². The lowest BCUT2D eigenvalue weighted by Crippen LogP contribution is -2.67. The first kappa shape index (κ1) is 68.8. The van der Waals surface area contributed by atoms with E-state index in [4.69, 9.17) is 94.8 Å². The van der Waals surface area contributed by atoms with E-state index in [0.29, 0.717) is 22.8 Å². The van der Waals surface area contributed by atoms with Crippen LogP contribution in [0.2, 0.25) is 0 Å². The van der Waals surface area contributed by atoms with Crippen molar-refractivity contribution in [3.8, 4) is 5.75 Å². The molecule has 37 heteroatoms. The molecule has 4 amide bonds. The fourth-order valence-electron chi connectivity index (χ4n) is 8.61. The van der Waals surface area contributed by atoms with Crippen molar-refractivity contribution >= 4 is 64.7 Å². The van der Waals surface area contributed by atoms with E-state index in [1.165, 1.54) is 72.8 Å². The SMILES string of the molecule is CC.NC1C(N)C(N)C(N)C(N)C(N)C1N.[N-]=[N+]=Nc1ccc(C(=O)ON2C(=O)CC(OS[O-])C2=O)cc1.[N-]=[N+]=Nc1ccc(OCNC2C(N)C(N)C(NC(=O)c3ccc(N=[N+]=[N-])cc3)C(N)C(NC(=O)c3ccc(N=[N+]=[N-])cc3)C2N)cc1. The van der Waals surface area contributed by atoms with Crippen molar-refractivity contribution in [3.05, 3.63) is 156 Å². The fraction of sp³-hybridized carbons (Fsp3) is 0.396. The number of nitrogens with one attached hydrogen (secondary N) is 3. The molecule has 85 heavy (non-hydrogen) atoms. The van der Waals surface area contributed by atoms with Crippen LogP contribution < -0.4 is 83.8 Å². The van der Waals surface area contributed by atoms with E-state index in [9.17, 15) is 28.5 Å². The van der Waals surface area contributed by atoms with Crippen molar-refractivity contribution in [2.75, 3.05) is 6.73 Å². The zero-order valence-corrected chi connectivity index (χ0v) is 46.4. The smallest absolute Gasteiger partial charge is 0.363 e. The highest BCUT2D eigenvalue weighted by Crippen LogP contribution is 2.24. The Balaban J connectivity index is 0.000000333. The minimum atomic E-state index is -1.27. The highest BCUT2D eigenvalue weighted by Gasteiger charge is 2.48. The molecule has 4 aromatic rings. The Morgan fingerprint density at radius 2 is 0.859 bits per heavy atom. The number of ether oxygens (including phenoxy) is 1. The summed E-state index contributed by atoms with van der Waals surface area (Å²) in [6.07, 6.45) is -1.65. The molecule has 25 N–H and O–H groups in total. The Bertz CT molecular complexity index is 3020. The number of hydroxylamine groups is 2. The summed E-state index contributed by atoms with van der Waals surface area (Å²) in [5, 5.41) is 23.0. The van der Waals surface area contributed by atoms with Crippen LogP contribution >= 0.6 is 12.3 Å². The number of nitrogens with zero attached hydrogens (tertiary/aromatic N) is 13. The lowest BCUT2D eigenvalue weighted by atomic mass is 9.93. The van der Waals surface area contributed by atoms with Crippen molar-refractivity contribution < 1.29 is 42.3 Å². The molecular weight excluding hydrogens is 1130 g/mol. The quantitative estimate of drug-likeness (QED) is 0.0139. The fourth-order valence-corrected chi connectivity index (χ4v) is 8.86. The number of nitrogens with two attached hydrogens (primary N) is 11. The van der Waals surface area contributed by atoms with E-state index >= 15 is 0 Å². The minimum absolute atomic E-state index is 0.0417. The molecule has 4 aromatic carbocycles. The summed E-state index contributed by atoms with van der Waals surface area (Å²) in [6, 6.07) is 13.7. The van der Waals surface area contributed by atoms with Gasteiger partial charge in [0.05, 0.1) is 24.1 Å². The Labute approximate surface area is 488 Å². The van der Waals surface area contributed by atoms with Crippen LogP contribution in [0.15, 0.2) is 118 Å². The Morgan fingerprint density at radius 1 is 0.529 bits per heavy atom. The topological polar surface area (TPSA) is 657 Å². The summed E-state index contributed by atoms with van der Waals surface area (Å²) in [7, 11) is 0. The predicted molar refractivity (Wildman–Crippen MR) is 310 cm³/mol.